The number of anilines is 3. The minimum atomic E-state index is -0.221. The van der Waals surface area contributed by atoms with E-state index < -0.39 is 0 Å². The Morgan fingerprint density at radius 3 is 2.56 bits per heavy atom. The van der Waals surface area contributed by atoms with E-state index in [1.165, 1.54) is 0 Å². The zero-order valence-corrected chi connectivity index (χ0v) is 15.2. The molecule has 0 aliphatic heterocycles. The monoisotopic (exact) mass is 337 g/mol. The lowest BCUT2D eigenvalue weighted by molar-refractivity contribution is 0.631. The largest absolute Gasteiger partial charge is 0.365 e. The molecule has 0 aliphatic rings. The Morgan fingerprint density at radius 2 is 1.88 bits per heavy atom. The molecule has 0 unspecified atom stereocenters. The van der Waals surface area contributed by atoms with E-state index in [1.807, 2.05) is 52.0 Å². The second kappa shape index (κ2) is 6.20. The van der Waals surface area contributed by atoms with Gasteiger partial charge in [-0.3, -0.25) is 4.79 Å². The Balaban J connectivity index is 2.15. The van der Waals surface area contributed by atoms with Crippen molar-refractivity contribution in [3.8, 4) is 0 Å². The lowest BCUT2D eigenvalue weighted by Gasteiger charge is -2.23. The van der Waals surface area contributed by atoms with Crippen LogP contribution in [0.1, 0.15) is 26.3 Å². The Hall–Kier alpha value is -2.89. The number of aromatic nitrogens is 3. The van der Waals surface area contributed by atoms with Gasteiger partial charge in [-0.1, -0.05) is 0 Å². The summed E-state index contributed by atoms with van der Waals surface area (Å²) in [5.41, 5.74) is 0.818. The van der Waals surface area contributed by atoms with Gasteiger partial charge < -0.3 is 15.2 Å². The molecule has 3 aromatic rings. The average Bonchev–Trinajstić information content (AvgIpc) is 2.49. The Kier molecular flexibility index (Phi) is 4.20. The second-order valence-electron chi connectivity index (χ2n) is 7.27. The molecule has 2 N–H and O–H groups in total. The number of hydrogen-bond donors (Lipinski definition) is 2. The molecule has 0 spiro atoms. The Labute approximate surface area is 146 Å². The van der Waals surface area contributed by atoms with Crippen LogP contribution in [0.4, 0.5) is 17.5 Å². The summed E-state index contributed by atoms with van der Waals surface area (Å²) in [6, 6.07) is 7.68. The minimum Gasteiger partial charge on any atom is -0.365 e. The molecular weight excluding hydrogens is 314 g/mol. The molecule has 0 amide bonds. The van der Waals surface area contributed by atoms with Crippen molar-refractivity contribution >= 4 is 28.2 Å². The second-order valence-corrected chi connectivity index (χ2v) is 7.27. The smallest absolute Gasteiger partial charge is 0.261 e. The van der Waals surface area contributed by atoms with Gasteiger partial charge in [0.1, 0.15) is 17.5 Å². The summed E-state index contributed by atoms with van der Waals surface area (Å²) in [7, 11) is 1.74. The van der Waals surface area contributed by atoms with E-state index in [4.69, 9.17) is 0 Å². The fourth-order valence-electron chi connectivity index (χ4n) is 2.60. The van der Waals surface area contributed by atoms with Crippen LogP contribution in [0.3, 0.4) is 0 Å². The van der Waals surface area contributed by atoms with Crippen molar-refractivity contribution in [1.29, 1.82) is 0 Å². The maximum absolute atomic E-state index is 12.6. The van der Waals surface area contributed by atoms with Crippen LogP contribution in [0.25, 0.3) is 10.8 Å². The molecule has 6 heteroatoms. The topological polar surface area (TPSA) is 71.8 Å². The third-order valence-electron chi connectivity index (χ3n) is 3.73. The first-order valence-corrected chi connectivity index (χ1v) is 8.21. The van der Waals surface area contributed by atoms with Crippen molar-refractivity contribution in [3.05, 3.63) is 52.6 Å². The van der Waals surface area contributed by atoms with E-state index in [0.717, 1.165) is 16.8 Å². The first-order valence-electron chi connectivity index (χ1n) is 8.21. The number of hydrogen-bond acceptors (Lipinski definition) is 5. The van der Waals surface area contributed by atoms with E-state index in [-0.39, 0.29) is 11.1 Å². The normalized spacial score (nSPS) is 11.6. The predicted octanol–water partition coefficient (Wildman–Crippen LogP) is 3.59. The van der Waals surface area contributed by atoms with Gasteiger partial charge in [0.2, 0.25) is 0 Å². The Morgan fingerprint density at radius 1 is 1.12 bits per heavy atom. The number of nitrogens with one attached hydrogen (secondary N) is 2. The van der Waals surface area contributed by atoms with Crippen LogP contribution in [0.5, 0.6) is 0 Å². The lowest BCUT2D eigenvalue weighted by Crippen LogP contribution is -2.28. The summed E-state index contributed by atoms with van der Waals surface area (Å²) in [6.45, 7) is 8.12. The highest BCUT2D eigenvalue weighted by Gasteiger charge is 2.16. The third-order valence-corrected chi connectivity index (χ3v) is 3.73. The van der Waals surface area contributed by atoms with Gasteiger partial charge in [0.25, 0.3) is 5.56 Å². The number of nitrogens with zero attached hydrogens (tertiary/aromatic N) is 3. The maximum Gasteiger partial charge on any atom is 0.261 e. The van der Waals surface area contributed by atoms with Crippen LogP contribution in [0.2, 0.25) is 0 Å². The van der Waals surface area contributed by atoms with E-state index in [9.17, 15) is 4.79 Å². The molecule has 6 nitrogen and oxygen atoms in total. The van der Waals surface area contributed by atoms with E-state index in [2.05, 4.69) is 20.6 Å². The summed E-state index contributed by atoms with van der Waals surface area (Å²) >= 11 is 0. The minimum absolute atomic E-state index is 0.0722. The zero-order chi connectivity index (χ0) is 18.2. The molecule has 0 atom stereocenters. The molecule has 25 heavy (non-hydrogen) atoms. The van der Waals surface area contributed by atoms with Gasteiger partial charge in [-0.25, -0.2) is 9.97 Å². The highest BCUT2D eigenvalue weighted by molar-refractivity contribution is 5.93. The molecule has 3 rings (SSSR count). The van der Waals surface area contributed by atoms with Crippen LogP contribution in [0.15, 0.2) is 41.5 Å². The van der Waals surface area contributed by atoms with E-state index >= 15 is 0 Å². The van der Waals surface area contributed by atoms with Crippen molar-refractivity contribution in [2.75, 3.05) is 10.6 Å². The van der Waals surface area contributed by atoms with Gasteiger partial charge in [0.15, 0.2) is 0 Å². The van der Waals surface area contributed by atoms with Crippen LogP contribution in [-0.4, -0.2) is 20.1 Å². The summed E-state index contributed by atoms with van der Waals surface area (Å²) < 4.78 is 1.56. The molecule has 0 saturated heterocycles. The number of pyridine rings is 3. The van der Waals surface area contributed by atoms with Crippen molar-refractivity contribution in [1.82, 2.24) is 14.5 Å². The number of aryl methyl sites for hydroxylation is 2. The van der Waals surface area contributed by atoms with Gasteiger partial charge >= 0.3 is 0 Å². The SMILES string of the molecule is Cc1ccnc(Nc2cc3ccn(C)c(=O)c3c(NC(C)(C)C)n2)c1. The van der Waals surface area contributed by atoms with E-state index in [1.54, 1.807) is 24.0 Å². The molecule has 0 saturated carbocycles. The van der Waals surface area contributed by atoms with Crippen LogP contribution in [0, 0.1) is 6.92 Å². The van der Waals surface area contributed by atoms with Crippen LogP contribution in [-0.2, 0) is 7.05 Å². The molecule has 0 aliphatic carbocycles. The quantitative estimate of drug-likeness (QED) is 0.764. The van der Waals surface area contributed by atoms with Crippen molar-refractivity contribution in [2.45, 2.75) is 33.2 Å². The standard InChI is InChI=1S/C19H23N5O/c1-12-6-8-20-14(10-12)21-15-11-13-7-9-24(5)18(25)16(13)17(22-15)23-19(2,3)4/h6-11H,1-5H3,(H2,20,21,22,23). The van der Waals surface area contributed by atoms with Crippen molar-refractivity contribution < 1.29 is 0 Å². The van der Waals surface area contributed by atoms with Gasteiger partial charge in [-0.15, -0.1) is 0 Å². The average molecular weight is 337 g/mol. The summed E-state index contributed by atoms with van der Waals surface area (Å²) in [6.07, 6.45) is 3.52. The fourth-order valence-corrected chi connectivity index (χ4v) is 2.60. The number of fused-ring (bicyclic) bond motifs is 1. The maximum atomic E-state index is 12.6. The molecule has 3 heterocycles. The molecule has 3 aromatic heterocycles. The van der Waals surface area contributed by atoms with Crippen molar-refractivity contribution in [3.63, 3.8) is 0 Å². The summed E-state index contributed by atoms with van der Waals surface area (Å²) in [4.78, 5) is 21.6. The highest BCUT2D eigenvalue weighted by atomic mass is 16.1. The lowest BCUT2D eigenvalue weighted by atomic mass is 10.1. The molecule has 0 bridgehead atoms. The van der Waals surface area contributed by atoms with Gasteiger partial charge in [0, 0.05) is 25.0 Å². The van der Waals surface area contributed by atoms with E-state index in [0.29, 0.717) is 17.0 Å². The first kappa shape index (κ1) is 17.0. The van der Waals surface area contributed by atoms with Gasteiger partial charge in [-0.2, -0.15) is 0 Å². The zero-order valence-electron chi connectivity index (χ0n) is 15.2. The van der Waals surface area contributed by atoms with Crippen molar-refractivity contribution in [2.24, 2.45) is 7.05 Å². The first-order chi connectivity index (χ1) is 11.7. The molecule has 0 radical (unpaired) electrons. The highest BCUT2D eigenvalue weighted by Crippen LogP contribution is 2.26. The molecule has 130 valence electrons. The molecule has 0 aromatic carbocycles. The fraction of sp³-hybridized carbons (Fsp3) is 0.316. The van der Waals surface area contributed by atoms with Crippen LogP contribution < -0.4 is 16.2 Å². The third kappa shape index (κ3) is 3.79. The predicted molar refractivity (Wildman–Crippen MR) is 103 cm³/mol. The number of rotatable bonds is 3. The Bertz CT molecular complexity index is 985. The van der Waals surface area contributed by atoms with Crippen LogP contribution >= 0.6 is 0 Å². The summed E-state index contributed by atoms with van der Waals surface area (Å²) in [5, 5.41) is 7.99. The van der Waals surface area contributed by atoms with Gasteiger partial charge in [-0.05, 0) is 62.9 Å². The summed E-state index contributed by atoms with van der Waals surface area (Å²) in [5.74, 6) is 1.93. The van der Waals surface area contributed by atoms with Gasteiger partial charge in [0.05, 0.1) is 5.39 Å². The molecule has 0 fully saturated rings. The molecular formula is C19H23N5O.